The van der Waals surface area contributed by atoms with Crippen molar-refractivity contribution in [2.45, 2.75) is 58.9 Å². The third-order valence-corrected chi connectivity index (χ3v) is 7.74. The molecule has 1 aromatic carbocycles. The normalized spacial score (nSPS) is 15.2. The lowest BCUT2D eigenvalue weighted by Crippen LogP contribution is -2.34. The highest BCUT2D eigenvalue weighted by molar-refractivity contribution is 6.30. The number of aromatic hydroxyl groups is 1. The fourth-order valence-corrected chi connectivity index (χ4v) is 5.52. The minimum Gasteiger partial charge on any atom is -0.493 e. The van der Waals surface area contributed by atoms with Crippen molar-refractivity contribution >= 4 is 17.5 Å². The molecule has 1 N–H and O–H groups in total. The van der Waals surface area contributed by atoms with Crippen LogP contribution in [0.5, 0.6) is 5.88 Å². The third kappa shape index (κ3) is 5.24. The molecule has 0 saturated carbocycles. The van der Waals surface area contributed by atoms with Gasteiger partial charge in [0.1, 0.15) is 11.5 Å². The van der Waals surface area contributed by atoms with Crippen molar-refractivity contribution < 1.29 is 14.3 Å². The summed E-state index contributed by atoms with van der Waals surface area (Å²) in [5, 5.41) is 16.6. The van der Waals surface area contributed by atoms with Gasteiger partial charge in [0, 0.05) is 37.4 Å². The van der Waals surface area contributed by atoms with Crippen molar-refractivity contribution in [2.24, 2.45) is 0 Å². The number of likely N-dealkylation sites (tertiary alicyclic amines) is 1. The number of pyridine rings is 1. The van der Waals surface area contributed by atoms with Crippen LogP contribution >= 0.6 is 11.6 Å². The zero-order valence-corrected chi connectivity index (χ0v) is 24.2. The zero-order chi connectivity index (χ0) is 29.4. The standard InChI is InChI=1S/C30H32ClFN6O3/c1-5-18-8-7-9-19(6-2)26(18)38-27(23-11-13-37(35-23)17(3)4)34-28(39)24(30(38)41)29(40)36-12-10-20(16-36)25-22(32)14-21(31)15-33-25/h7-9,11,13-15,17,20,41H,5-6,10,12,16H2,1-4H3. The Labute approximate surface area is 242 Å². The minimum absolute atomic E-state index is 0.0654. The topological polar surface area (TPSA) is 106 Å². The highest BCUT2D eigenvalue weighted by Gasteiger charge is 2.35. The first kappa shape index (κ1) is 28.5. The second kappa shape index (κ2) is 11.4. The maximum Gasteiger partial charge on any atom is 0.290 e. The lowest BCUT2D eigenvalue weighted by atomic mass is 10.0. The van der Waals surface area contributed by atoms with Crippen LogP contribution in [-0.4, -0.2) is 53.3 Å². The van der Waals surface area contributed by atoms with Crippen LogP contribution in [0.1, 0.15) is 73.3 Å². The van der Waals surface area contributed by atoms with E-state index in [-0.39, 0.29) is 41.6 Å². The molecular formula is C30H32ClFN6O3. The molecule has 1 fully saturated rings. The van der Waals surface area contributed by atoms with Gasteiger partial charge in [0.25, 0.3) is 11.5 Å². The van der Waals surface area contributed by atoms with E-state index in [1.165, 1.54) is 21.7 Å². The second-order valence-corrected chi connectivity index (χ2v) is 10.9. The quantitative estimate of drug-likeness (QED) is 0.318. The molecule has 1 aliphatic heterocycles. The molecule has 41 heavy (non-hydrogen) atoms. The number of aromatic nitrogens is 5. The average molecular weight is 579 g/mol. The molecule has 0 spiro atoms. The Kier molecular flexibility index (Phi) is 7.95. The van der Waals surface area contributed by atoms with Gasteiger partial charge in [-0.05, 0) is 56.4 Å². The fraction of sp³-hybridized carbons (Fsp3) is 0.367. The average Bonchev–Trinajstić information content (AvgIpc) is 3.63. The van der Waals surface area contributed by atoms with Crippen LogP contribution in [-0.2, 0) is 12.8 Å². The Balaban J connectivity index is 1.64. The van der Waals surface area contributed by atoms with Crippen molar-refractivity contribution in [3.63, 3.8) is 0 Å². The molecule has 4 heterocycles. The van der Waals surface area contributed by atoms with Gasteiger partial charge in [-0.3, -0.25) is 23.8 Å². The number of para-hydroxylation sites is 1. The maximum absolute atomic E-state index is 14.6. The Morgan fingerprint density at radius 2 is 1.90 bits per heavy atom. The van der Waals surface area contributed by atoms with Crippen molar-refractivity contribution in [2.75, 3.05) is 13.1 Å². The number of rotatable bonds is 7. The summed E-state index contributed by atoms with van der Waals surface area (Å²) in [4.78, 5) is 37.1. The summed E-state index contributed by atoms with van der Waals surface area (Å²) in [7, 11) is 0. The fourth-order valence-electron chi connectivity index (χ4n) is 5.38. The van der Waals surface area contributed by atoms with Gasteiger partial charge in [0.15, 0.2) is 11.4 Å². The van der Waals surface area contributed by atoms with E-state index in [2.05, 4.69) is 15.1 Å². The van der Waals surface area contributed by atoms with Crippen LogP contribution in [0.3, 0.4) is 0 Å². The summed E-state index contributed by atoms with van der Waals surface area (Å²) in [6, 6.07) is 8.83. The van der Waals surface area contributed by atoms with E-state index in [0.717, 1.165) is 11.1 Å². The van der Waals surface area contributed by atoms with Crippen LogP contribution in [0.4, 0.5) is 4.39 Å². The third-order valence-electron chi connectivity index (χ3n) is 7.54. The molecule has 0 bridgehead atoms. The molecule has 1 amide bonds. The summed E-state index contributed by atoms with van der Waals surface area (Å²) >= 11 is 5.86. The number of carbonyl (C=O) groups excluding carboxylic acids is 1. The Morgan fingerprint density at radius 3 is 2.51 bits per heavy atom. The number of benzene rings is 1. The van der Waals surface area contributed by atoms with E-state index in [4.69, 9.17) is 11.6 Å². The number of halogens is 2. The lowest BCUT2D eigenvalue weighted by molar-refractivity contribution is 0.0784. The van der Waals surface area contributed by atoms with Gasteiger partial charge >= 0.3 is 0 Å². The van der Waals surface area contributed by atoms with Gasteiger partial charge in [0.05, 0.1) is 16.4 Å². The number of hydrogen-bond acceptors (Lipinski definition) is 6. The first-order valence-corrected chi connectivity index (χ1v) is 14.1. The number of hydrogen-bond donors (Lipinski definition) is 1. The Bertz CT molecular complexity index is 1660. The summed E-state index contributed by atoms with van der Waals surface area (Å²) in [5.41, 5.74) is 1.81. The molecule has 214 valence electrons. The van der Waals surface area contributed by atoms with Gasteiger partial charge in [-0.15, -0.1) is 0 Å². The van der Waals surface area contributed by atoms with Gasteiger partial charge in [-0.2, -0.15) is 10.1 Å². The molecule has 1 unspecified atom stereocenters. The summed E-state index contributed by atoms with van der Waals surface area (Å²) in [6.07, 6.45) is 4.89. The molecule has 3 aromatic heterocycles. The summed E-state index contributed by atoms with van der Waals surface area (Å²) < 4.78 is 17.8. The zero-order valence-electron chi connectivity index (χ0n) is 23.4. The predicted octanol–water partition coefficient (Wildman–Crippen LogP) is 5.32. The van der Waals surface area contributed by atoms with Gasteiger partial charge in [0.2, 0.25) is 5.88 Å². The maximum atomic E-state index is 14.6. The second-order valence-electron chi connectivity index (χ2n) is 10.4. The molecule has 9 nitrogen and oxygen atoms in total. The van der Waals surface area contributed by atoms with Crippen LogP contribution < -0.4 is 5.56 Å². The highest BCUT2D eigenvalue weighted by atomic mass is 35.5. The molecule has 0 aliphatic carbocycles. The van der Waals surface area contributed by atoms with Crippen LogP contribution in [0.2, 0.25) is 5.02 Å². The molecule has 1 saturated heterocycles. The van der Waals surface area contributed by atoms with E-state index >= 15 is 0 Å². The SMILES string of the molecule is CCc1cccc(CC)c1-n1c(-c2ccn(C(C)C)n2)nc(=O)c(C(=O)N2CCC(c3ncc(Cl)cc3F)C2)c1O. The Morgan fingerprint density at radius 1 is 1.20 bits per heavy atom. The first-order chi connectivity index (χ1) is 19.6. The molecule has 4 aromatic rings. The predicted molar refractivity (Wildman–Crippen MR) is 154 cm³/mol. The van der Waals surface area contributed by atoms with Crippen LogP contribution in [0, 0.1) is 5.82 Å². The van der Waals surface area contributed by atoms with Crippen molar-refractivity contribution in [1.29, 1.82) is 0 Å². The molecular weight excluding hydrogens is 547 g/mol. The van der Waals surface area contributed by atoms with Crippen LogP contribution in [0.15, 0.2) is 47.5 Å². The molecule has 11 heteroatoms. The number of carbonyl (C=O) groups is 1. The Hall–Kier alpha value is -4.05. The molecule has 0 radical (unpaired) electrons. The van der Waals surface area contributed by atoms with E-state index in [1.807, 2.05) is 45.9 Å². The summed E-state index contributed by atoms with van der Waals surface area (Å²) in [5.74, 6) is -1.95. The van der Waals surface area contributed by atoms with Gasteiger partial charge < -0.3 is 10.0 Å². The van der Waals surface area contributed by atoms with Gasteiger partial charge in [-0.1, -0.05) is 43.6 Å². The van der Waals surface area contributed by atoms with E-state index in [9.17, 15) is 19.1 Å². The van der Waals surface area contributed by atoms with Crippen molar-refractivity contribution in [1.82, 2.24) is 29.2 Å². The van der Waals surface area contributed by atoms with Crippen LogP contribution in [0.25, 0.3) is 17.2 Å². The highest BCUT2D eigenvalue weighted by Crippen LogP contribution is 2.34. The first-order valence-electron chi connectivity index (χ1n) is 13.8. The van der Waals surface area contributed by atoms with Gasteiger partial charge in [-0.25, -0.2) is 4.39 Å². The number of amides is 1. The van der Waals surface area contributed by atoms with Crippen molar-refractivity contribution in [3.8, 4) is 23.1 Å². The molecule has 5 rings (SSSR count). The molecule has 1 atom stereocenters. The monoisotopic (exact) mass is 578 g/mol. The van der Waals surface area contributed by atoms with Crippen molar-refractivity contribution in [3.05, 3.63) is 86.3 Å². The smallest absolute Gasteiger partial charge is 0.290 e. The largest absolute Gasteiger partial charge is 0.493 e. The molecule has 1 aliphatic rings. The lowest BCUT2D eigenvalue weighted by Gasteiger charge is -2.23. The number of aryl methyl sites for hydroxylation is 2. The summed E-state index contributed by atoms with van der Waals surface area (Å²) in [6.45, 7) is 8.35. The minimum atomic E-state index is -0.857. The number of nitrogens with zero attached hydrogens (tertiary/aromatic N) is 6. The van der Waals surface area contributed by atoms with E-state index in [1.54, 1.807) is 16.9 Å². The van der Waals surface area contributed by atoms with E-state index < -0.39 is 28.7 Å². The van der Waals surface area contributed by atoms with E-state index in [0.29, 0.717) is 30.6 Å².